The number of H-pyrrole nitrogens is 1. The highest BCUT2D eigenvalue weighted by Gasteiger charge is 2.09. The Morgan fingerprint density at radius 2 is 1.84 bits per heavy atom. The number of nitrogens with one attached hydrogen (secondary N) is 2. The first-order valence-corrected chi connectivity index (χ1v) is 8.13. The molecule has 5 heteroatoms. The van der Waals surface area contributed by atoms with Gasteiger partial charge in [0, 0.05) is 17.1 Å². The summed E-state index contributed by atoms with van der Waals surface area (Å²) in [6.07, 6.45) is 0.154. The molecular formula is C20H19FN2O2. The van der Waals surface area contributed by atoms with E-state index in [-0.39, 0.29) is 29.6 Å². The third-order valence-corrected chi connectivity index (χ3v) is 4.06. The molecule has 0 saturated carbocycles. The molecule has 0 aliphatic heterocycles. The third kappa shape index (κ3) is 3.94. The van der Waals surface area contributed by atoms with Crippen molar-refractivity contribution < 1.29 is 9.18 Å². The van der Waals surface area contributed by atoms with Gasteiger partial charge in [0.1, 0.15) is 5.82 Å². The lowest BCUT2D eigenvalue weighted by molar-refractivity contribution is -0.115. The van der Waals surface area contributed by atoms with Crippen molar-refractivity contribution in [1.29, 1.82) is 0 Å². The Kier molecular flexibility index (Phi) is 4.65. The van der Waals surface area contributed by atoms with Crippen LogP contribution in [-0.2, 0) is 11.2 Å². The minimum atomic E-state index is -0.330. The Bertz CT molecular complexity index is 975. The number of carbonyl (C=O) groups excluding carboxylic acids is 1. The van der Waals surface area contributed by atoms with Gasteiger partial charge in [-0.05, 0) is 41.3 Å². The first kappa shape index (κ1) is 16.9. The maximum atomic E-state index is 12.9. The summed E-state index contributed by atoms with van der Waals surface area (Å²) < 4.78 is 12.9. The SMILES string of the molecule is CC(C)c1cc(=O)[nH]c2cc(NC(=O)Cc3ccc(F)cc3)ccc12. The molecule has 1 amide bonds. The van der Waals surface area contributed by atoms with Gasteiger partial charge in [-0.15, -0.1) is 0 Å². The number of halogens is 1. The molecule has 128 valence electrons. The molecule has 0 aliphatic carbocycles. The maximum absolute atomic E-state index is 12.9. The van der Waals surface area contributed by atoms with Gasteiger partial charge in [-0.25, -0.2) is 4.39 Å². The number of aromatic nitrogens is 1. The number of pyridine rings is 1. The molecule has 0 fully saturated rings. The van der Waals surface area contributed by atoms with Crippen LogP contribution in [0.15, 0.2) is 53.3 Å². The highest BCUT2D eigenvalue weighted by atomic mass is 19.1. The summed E-state index contributed by atoms with van der Waals surface area (Å²) >= 11 is 0. The number of hydrogen-bond donors (Lipinski definition) is 2. The van der Waals surface area contributed by atoms with Crippen molar-refractivity contribution in [3.8, 4) is 0 Å². The maximum Gasteiger partial charge on any atom is 0.248 e. The Hall–Kier alpha value is -2.95. The highest BCUT2D eigenvalue weighted by molar-refractivity contribution is 5.95. The van der Waals surface area contributed by atoms with Gasteiger partial charge >= 0.3 is 0 Å². The van der Waals surface area contributed by atoms with Crippen LogP contribution in [0.4, 0.5) is 10.1 Å². The number of hydrogen-bond acceptors (Lipinski definition) is 2. The molecule has 0 unspecified atom stereocenters. The van der Waals surface area contributed by atoms with Crippen LogP contribution in [-0.4, -0.2) is 10.9 Å². The molecule has 0 atom stereocenters. The molecule has 2 N–H and O–H groups in total. The van der Waals surface area contributed by atoms with Crippen LogP contribution in [0.25, 0.3) is 10.9 Å². The summed E-state index contributed by atoms with van der Waals surface area (Å²) in [6.45, 7) is 4.07. The monoisotopic (exact) mass is 338 g/mol. The number of amides is 1. The lowest BCUT2D eigenvalue weighted by Gasteiger charge is -2.11. The molecule has 4 nitrogen and oxygen atoms in total. The van der Waals surface area contributed by atoms with Crippen molar-refractivity contribution in [2.45, 2.75) is 26.2 Å². The zero-order valence-electron chi connectivity index (χ0n) is 14.1. The van der Waals surface area contributed by atoms with Crippen LogP contribution < -0.4 is 10.9 Å². The second kappa shape index (κ2) is 6.89. The molecule has 0 saturated heterocycles. The van der Waals surface area contributed by atoms with E-state index in [1.807, 2.05) is 26.0 Å². The average Bonchev–Trinajstić information content (AvgIpc) is 2.55. The van der Waals surface area contributed by atoms with Gasteiger partial charge in [-0.1, -0.05) is 32.0 Å². The molecule has 0 aliphatic rings. The Balaban J connectivity index is 1.83. The van der Waals surface area contributed by atoms with E-state index in [2.05, 4.69) is 10.3 Å². The predicted molar refractivity (Wildman–Crippen MR) is 97.4 cm³/mol. The van der Waals surface area contributed by atoms with Gasteiger partial charge < -0.3 is 10.3 Å². The standard InChI is InChI=1S/C20H19FN2O2/c1-12(2)17-11-20(25)23-18-10-15(7-8-16(17)18)22-19(24)9-13-3-5-14(21)6-4-13/h3-8,10-12H,9H2,1-2H3,(H,22,24)(H,23,25). The van der Waals surface area contributed by atoms with E-state index in [0.717, 1.165) is 16.5 Å². The van der Waals surface area contributed by atoms with Gasteiger partial charge in [0.2, 0.25) is 11.5 Å². The van der Waals surface area contributed by atoms with Crippen LogP contribution in [0.1, 0.15) is 30.9 Å². The Morgan fingerprint density at radius 1 is 1.12 bits per heavy atom. The summed E-state index contributed by atoms with van der Waals surface area (Å²) in [7, 11) is 0. The van der Waals surface area contributed by atoms with Gasteiger partial charge in [0.05, 0.1) is 11.9 Å². The van der Waals surface area contributed by atoms with Crippen LogP contribution >= 0.6 is 0 Å². The van der Waals surface area contributed by atoms with E-state index >= 15 is 0 Å². The van der Waals surface area contributed by atoms with Crippen LogP contribution in [0.5, 0.6) is 0 Å². The van der Waals surface area contributed by atoms with Crippen molar-refractivity contribution in [2.75, 3.05) is 5.32 Å². The molecule has 25 heavy (non-hydrogen) atoms. The predicted octanol–water partition coefficient (Wildman–Crippen LogP) is 3.97. The molecule has 1 heterocycles. The number of aromatic amines is 1. The molecule has 3 rings (SSSR count). The molecule has 1 aromatic heterocycles. The molecule has 0 radical (unpaired) electrons. The van der Waals surface area contributed by atoms with Gasteiger partial charge in [-0.2, -0.15) is 0 Å². The van der Waals surface area contributed by atoms with E-state index < -0.39 is 0 Å². The van der Waals surface area contributed by atoms with Gasteiger partial charge in [0.25, 0.3) is 0 Å². The van der Waals surface area contributed by atoms with E-state index in [1.54, 1.807) is 24.3 Å². The summed E-state index contributed by atoms with van der Waals surface area (Å²) in [5.74, 6) is -0.305. The molecule has 0 spiro atoms. The van der Waals surface area contributed by atoms with E-state index in [0.29, 0.717) is 11.2 Å². The average molecular weight is 338 g/mol. The summed E-state index contributed by atoms with van der Waals surface area (Å²) in [4.78, 5) is 26.8. The van der Waals surface area contributed by atoms with Crippen LogP contribution in [0.2, 0.25) is 0 Å². The van der Waals surface area contributed by atoms with Crippen molar-refractivity contribution in [1.82, 2.24) is 4.98 Å². The first-order valence-electron chi connectivity index (χ1n) is 8.13. The molecular weight excluding hydrogens is 319 g/mol. The van der Waals surface area contributed by atoms with Crippen molar-refractivity contribution in [2.24, 2.45) is 0 Å². The molecule has 2 aromatic carbocycles. The fraction of sp³-hybridized carbons (Fsp3) is 0.200. The highest BCUT2D eigenvalue weighted by Crippen LogP contribution is 2.25. The topological polar surface area (TPSA) is 62.0 Å². The number of carbonyl (C=O) groups is 1. The van der Waals surface area contributed by atoms with E-state index in [9.17, 15) is 14.0 Å². The summed E-state index contributed by atoms with van der Waals surface area (Å²) in [5, 5.41) is 3.77. The number of benzene rings is 2. The zero-order chi connectivity index (χ0) is 18.0. The Morgan fingerprint density at radius 3 is 2.52 bits per heavy atom. The van der Waals surface area contributed by atoms with Crippen molar-refractivity contribution in [3.05, 3.63) is 75.8 Å². The molecule has 0 bridgehead atoms. The minimum absolute atomic E-state index is 0.154. The van der Waals surface area contributed by atoms with Crippen molar-refractivity contribution >= 4 is 22.5 Å². The third-order valence-electron chi connectivity index (χ3n) is 4.06. The molecule has 3 aromatic rings. The number of anilines is 1. The van der Waals surface area contributed by atoms with E-state index in [4.69, 9.17) is 0 Å². The van der Waals surface area contributed by atoms with Crippen LogP contribution in [0, 0.1) is 5.82 Å². The zero-order valence-corrected chi connectivity index (χ0v) is 14.1. The van der Waals surface area contributed by atoms with Crippen LogP contribution in [0.3, 0.4) is 0 Å². The largest absolute Gasteiger partial charge is 0.326 e. The number of rotatable bonds is 4. The smallest absolute Gasteiger partial charge is 0.248 e. The fourth-order valence-electron chi connectivity index (χ4n) is 2.84. The lowest BCUT2D eigenvalue weighted by atomic mass is 9.99. The lowest BCUT2D eigenvalue weighted by Crippen LogP contribution is -2.14. The quantitative estimate of drug-likeness (QED) is 0.756. The second-order valence-corrected chi connectivity index (χ2v) is 6.36. The number of fused-ring (bicyclic) bond motifs is 1. The normalized spacial score (nSPS) is 11.0. The fourth-order valence-corrected chi connectivity index (χ4v) is 2.84. The summed E-state index contributed by atoms with van der Waals surface area (Å²) in [6, 6.07) is 12.9. The van der Waals surface area contributed by atoms with Crippen molar-refractivity contribution in [3.63, 3.8) is 0 Å². The second-order valence-electron chi connectivity index (χ2n) is 6.36. The van der Waals surface area contributed by atoms with E-state index in [1.165, 1.54) is 12.1 Å². The minimum Gasteiger partial charge on any atom is -0.326 e. The Labute approximate surface area is 144 Å². The van der Waals surface area contributed by atoms with Gasteiger partial charge in [-0.3, -0.25) is 9.59 Å². The first-order chi connectivity index (χ1) is 11.9. The van der Waals surface area contributed by atoms with Gasteiger partial charge in [0.15, 0.2) is 0 Å². The summed E-state index contributed by atoms with van der Waals surface area (Å²) in [5.41, 5.74) is 2.84.